The zero-order chi connectivity index (χ0) is 11.1. The van der Waals surface area contributed by atoms with Gasteiger partial charge in [0, 0.05) is 11.5 Å². The molecule has 0 amide bonds. The number of carbonyl (C=O) groups is 2. The molecule has 0 bridgehead atoms. The van der Waals surface area contributed by atoms with Crippen molar-refractivity contribution in [2.24, 2.45) is 11.8 Å². The van der Waals surface area contributed by atoms with Crippen molar-refractivity contribution >= 4 is 63.6 Å². The first kappa shape index (κ1) is 17.7. The van der Waals surface area contributed by atoms with Gasteiger partial charge < -0.3 is 10.1 Å². The van der Waals surface area contributed by atoms with Crippen LogP contribution >= 0.6 is 15.9 Å². The van der Waals surface area contributed by atoms with Crippen LogP contribution in [0.3, 0.4) is 0 Å². The van der Waals surface area contributed by atoms with Gasteiger partial charge >= 0.3 is 41.5 Å². The molecular formula is C9H15BrNNaO3. The van der Waals surface area contributed by atoms with Crippen LogP contribution in [0.2, 0.25) is 0 Å². The van der Waals surface area contributed by atoms with Crippen molar-refractivity contribution in [3.8, 4) is 0 Å². The fraction of sp³-hybridized carbons (Fsp3) is 0.667. The molecule has 15 heavy (non-hydrogen) atoms. The van der Waals surface area contributed by atoms with Crippen molar-refractivity contribution in [3.05, 3.63) is 0 Å². The van der Waals surface area contributed by atoms with E-state index in [1.54, 1.807) is 13.8 Å². The van der Waals surface area contributed by atoms with Crippen LogP contribution in [0.25, 0.3) is 0 Å². The maximum atomic E-state index is 11.2. The van der Waals surface area contributed by atoms with Crippen molar-refractivity contribution in [3.63, 3.8) is 0 Å². The van der Waals surface area contributed by atoms with Gasteiger partial charge in [0.2, 0.25) is 0 Å². The molecule has 0 fully saturated rings. The number of alkyl halides is 1. The average molecular weight is 288 g/mol. The molecular weight excluding hydrogens is 273 g/mol. The molecule has 82 valence electrons. The second-order valence-electron chi connectivity index (χ2n) is 2.98. The van der Waals surface area contributed by atoms with Crippen LogP contribution in [0.4, 0.5) is 0 Å². The molecule has 1 N–H and O–H groups in total. The molecule has 0 spiro atoms. The molecule has 0 aliphatic rings. The number of carbonyl (C=O) groups excluding carboxylic acids is 2. The van der Waals surface area contributed by atoms with Gasteiger partial charge in [-0.3, -0.25) is 9.59 Å². The average Bonchev–Trinajstić information content (AvgIpc) is 2.18. The van der Waals surface area contributed by atoms with Gasteiger partial charge in [-0.25, -0.2) is 0 Å². The quantitative estimate of drug-likeness (QED) is 0.271. The van der Waals surface area contributed by atoms with E-state index in [2.05, 4.69) is 20.7 Å². The Kier molecular flexibility index (Phi) is 11.2. The fourth-order valence-electron chi connectivity index (χ4n) is 0.691. The van der Waals surface area contributed by atoms with E-state index in [9.17, 15) is 9.59 Å². The summed E-state index contributed by atoms with van der Waals surface area (Å²) in [6, 6.07) is 0. The van der Waals surface area contributed by atoms with Crippen molar-refractivity contribution in [2.75, 3.05) is 5.33 Å². The molecule has 0 rings (SSSR count). The fourth-order valence-corrected chi connectivity index (χ4v) is 0.955. The second kappa shape index (κ2) is 9.51. The van der Waals surface area contributed by atoms with Crippen molar-refractivity contribution in [2.45, 2.75) is 20.3 Å². The van der Waals surface area contributed by atoms with Crippen LogP contribution in [0.15, 0.2) is 0 Å². The zero-order valence-corrected chi connectivity index (χ0v) is 9.83. The van der Waals surface area contributed by atoms with Crippen LogP contribution in [0.1, 0.15) is 20.3 Å². The predicted molar refractivity (Wildman–Crippen MR) is 63.8 cm³/mol. The number of esters is 2. The topological polar surface area (TPSA) is 67.2 Å². The molecule has 0 aromatic heterocycles. The Bertz CT molecular complexity index is 235. The van der Waals surface area contributed by atoms with E-state index >= 15 is 0 Å². The van der Waals surface area contributed by atoms with Gasteiger partial charge in [0.1, 0.15) is 0 Å². The number of hydrogen-bond acceptors (Lipinski definition) is 4. The summed E-state index contributed by atoms with van der Waals surface area (Å²) in [7, 11) is 0. The number of hydrogen-bond donors (Lipinski definition) is 1. The summed E-state index contributed by atoms with van der Waals surface area (Å²) in [5.41, 5.74) is 0. The monoisotopic (exact) mass is 287 g/mol. The third kappa shape index (κ3) is 6.45. The van der Waals surface area contributed by atoms with E-state index in [-0.39, 0.29) is 35.5 Å². The third-order valence-corrected chi connectivity index (χ3v) is 2.75. The molecule has 0 aromatic rings. The van der Waals surface area contributed by atoms with Gasteiger partial charge in [0.05, 0.1) is 11.8 Å². The molecule has 0 saturated carbocycles. The van der Waals surface area contributed by atoms with Gasteiger partial charge in [-0.2, -0.15) is 0 Å². The Morgan fingerprint density at radius 2 is 2.00 bits per heavy atom. The summed E-state index contributed by atoms with van der Waals surface area (Å²) >= 11 is 3.12. The van der Waals surface area contributed by atoms with Crippen molar-refractivity contribution < 1.29 is 14.3 Å². The van der Waals surface area contributed by atoms with Crippen LogP contribution < -0.4 is 0 Å². The van der Waals surface area contributed by atoms with Gasteiger partial charge in [0.25, 0.3) is 0 Å². The SMILES string of the molecule is CCC(C=N)C(=O)OC(=O)[C@@H](C)CBr.[NaH]. The minimum absolute atomic E-state index is 0. The standard InChI is InChI=1S/C9H14BrNO3.Na.H/c1-3-7(5-11)9(13)14-8(12)6(2)4-10;;/h5-7,11H,3-4H2,1-2H3;;/t6-,7?;;/m0../s1. The molecule has 2 atom stereocenters. The van der Waals surface area contributed by atoms with Crippen LogP contribution in [-0.4, -0.2) is 53.0 Å². The first-order chi connectivity index (χ1) is 6.56. The molecule has 0 heterocycles. The summed E-state index contributed by atoms with van der Waals surface area (Å²) in [6.07, 6.45) is 1.46. The molecule has 0 radical (unpaired) electrons. The Morgan fingerprint density at radius 3 is 2.33 bits per heavy atom. The zero-order valence-electron chi connectivity index (χ0n) is 8.25. The molecule has 0 aliphatic heterocycles. The normalized spacial score (nSPS) is 13.3. The molecule has 4 nitrogen and oxygen atoms in total. The van der Waals surface area contributed by atoms with Crippen LogP contribution in [0.5, 0.6) is 0 Å². The molecule has 0 aromatic carbocycles. The number of nitrogens with one attached hydrogen (secondary N) is 1. The van der Waals surface area contributed by atoms with E-state index < -0.39 is 17.9 Å². The number of halogens is 1. The van der Waals surface area contributed by atoms with Crippen LogP contribution in [0, 0.1) is 17.2 Å². The molecule has 0 aliphatic carbocycles. The number of ether oxygens (including phenoxy) is 1. The van der Waals surface area contributed by atoms with E-state index in [4.69, 9.17) is 5.41 Å². The van der Waals surface area contributed by atoms with Gasteiger partial charge in [-0.15, -0.1) is 0 Å². The summed E-state index contributed by atoms with van der Waals surface area (Å²) < 4.78 is 4.59. The van der Waals surface area contributed by atoms with Gasteiger partial charge in [0.15, 0.2) is 0 Å². The first-order valence-corrected chi connectivity index (χ1v) is 5.51. The Hall–Kier alpha value is 0.290. The Morgan fingerprint density at radius 1 is 1.47 bits per heavy atom. The minimum atomic E-state index is -0.639. The summed E-state index contributed by atoms with van der Waals surface area (Å²) in [5, 5.41) is 7.40. The van der Waals surface area contributed by atoms with Crippen molar-refractivity contribution in [1.82, 2.24) is 0 Å². The van der Waals surface area contributed by atoms with Gasteiger partial charge in [-0.1, -0.05) is 29.8 Å². The first-order valence-electron chi connectivity index (χ1n) is 4.38. The van der Waals surface area contributed by atoms with E-state index in [0.717, 1.165) is 6.21 Å². The number of rotatable bonds is 5. The Balaban J connectivity index is 0. The predicted octanol–water partition coefficient (Wildman–Crippen LogP) is 1.11. The molecule has 6 heteroatoms. The maximum absolute atomic E-state index is 11.2. The molecule has 1 unspecified atom stereocenters. The summed E-state index contributed by atoms with van der Waals surface area (Å²) in [6.45, 7) is 3.42. The van der Waals surface area contributed by atoms with Crippen molar-refractivity contribution in [1.29, 1.82) is 5.41 Å². The third-order valence-electron chi connectivity index (χ3n) is 1.78. The van der Waals surface area contributed by atoms with Gasteiger partial charge in [-0.05, 0) is 6.42 Å². The van der Waals surface area contributed by atoms with Crippen LogP contribution in [-0.2, 0) is 14.3 Å². The summed E-state index contributed by atoms with van der Waals surface area (Å²) in [5.74, 6) is -2.14. The summed E-state index contributed by atoms with van der Waals surface area (Å²) in [4.78, 5) is 22.4. The Labute approximate surface area is 120 Å². The molecule has 0 saturated heterocycles. The van der Waals surface area contributed by atoms with E-state index in [1.165, 1.54) is 0 Å². The van der Waals surface area contributed by atoms with E-state index in [0.29, 0.717) is 11.8 Å². The van der Waals surface area contributed by atoms with E-state index in [1.807, 2.05) is 0 Å². The second-order valence-corrected chi connectivity index (χ2v) is 3.62.